The predicted molar refractivity (Wildman–Crippen MR) is 104 cm³/mol. The monoisotopic (exact) mass is 407 g/mol. The third-order valence-electron chi connectivity index (χ3n) is 4.70. The van der Waals surface area contributed by atoms with Gasteiger partial charge in [-0.15, -0.1) is 0 Å². The maximum Gasteiger partial charge on any atom is 0.377 e. The molecule has 0 fully saturated rings. The minimum atomic E-state index is -1.13. The highest BCUT2D eigenvalue weighted by Gasteiger charge is 2.30. The minimum Gasteiger partial charge on any atom is -0.493 e. The van der Waals surface area contributed by atoms with Crippen molar-refractivity contribution in [2.45, 2.75) is 13.0 Å². The maximum absolute atomic E-state index is 12.8. The molecule has 1 aliphatic carbocycles. The zero-order chi connectivity index (χ0) is 21.3. The molecule has 0 radical (unpaired) electrons. The number of hydrogen-bond acceptors (Lipinski definition) is 7. The fraction of sp³-hybridized carbons (Fsp3) is 0.182. The Morgan fingerprint density at radius 3 is 2.30 bits per heavy atom. The van der Waals surface area contributed by atoms with Crippen molar-refractivity contribution >= 4 is 29.1 Å². The molecule has 1 aliphatic heterocycles. The summed E-state index contributed by atoms with van der Waals surface area (Å²) in [5.74, 6) is -2.08. The number of fused-ring (bicyclic) bond motifs is 2. The number of carbonyl (C=O) groups excluding carboxylic acids is 4. The molecule has 1 atom stereocenters. The van der Waals surface area contributed by atoms with Crippen LogP contribution in [0.3, 0.4) is 0 Å². The van der Waals surface area contributed by atoms with E-state index >= 15 is 0 Å². The first-order valence-electron chi connectivity index (χ1n) is 9.24. The zero-order valence-electron chi connectivity index (χ0n) is 16.0. The summed E-state index contributed by atoms with van der Waals surface area (Å²) in [6.07, 6.45) is 0.0125. The van der Waals surface area contributed by atoms with Gasteiger partial charge in [-0.05, 0) is 25.1 Å². The highest BCUT2D eigenvalue weighted by Crippen LogP contribution is 2.29. The number of esters is 1. The van der Waals surface area contributed by atoms with Gasteiger partial charge in [0.15, 0.2) is 17.7 Å². The lowest BCUT2D eigenvalue weighted by molar-refractivity contribution is -0.153. The third-order valence-corrected chi connectivity index (χ3v) is 4.70. The van der Waals surface area contributed by atoms with Gasteiger partial charge in [-0.3, -0.25) is 14.4 Å². The number of benzene rings is 2. The number of nitrogens with one attached hydrogen (secondary N) is 1. The number of ketones is 2. The van der Waals surface area contributed by atoms with Crippen molar-refractivity contribution in [2.75, 3.05) is 18.5 Å². The van der Waals surface area contributed by atoms with Crippen molar-refractivity contribution in [1.82, 2.24) is 0 Å². The zero-order valence-corrected chi connectivity index (χ0v) is 16.0. The van der Waals surface area contributed by atoms with Crippen LogP contribution in [0, 0.1) is 0 Å². The topological polar surface area (TPSA) is 108 Å². The van der Waals surface area contributed by atoms with Gasteiger partial charge in [-0.1, -0.05) is 24.3 Å². The van der Waals surface area contributed by atoms with E-state index in [4.69, 9.17) is 14.2 Å². The summed E-state index contributed by atoms with van der Waals surface area (Å²) >= 11 is 0. The van der Waals surface area contributed by atoms with Gasteiger partial charge in [0.1, 0.15) is 19.5 Å². The van der Waals surface area contributed by atoms with Crippen LogP contribution < -0.4 is 5.32 Å². The highest BCUT2D eigenvalue weighted by molar-refractivity contribution is 6.28. The van der Waals surface area contributed by atoms with Crippen LogP contribution in [0.5, 0.6) is 0 Å². The van der Waals surface area contributed by atoms with Crippen LogP contribution in [0.25, 0.3) is 0 Å². The summed E-state index contributed by atoms with van der Waals surface area (Å²) in [6, 6.07) is 11.1. The molecule has 1 amide bonds. The normalized spacial score (nSPS) is 15.6. The molecule has 30 heavy (non-hydrogen) atoms. The largest absolute Gasteiger partial charge is 0.493 e. The van der Waals surface area contributed by atoms with Crippen LogP contribution in [0.15, 0.2) is 54.5 Å². The Bertz CT molecular complexity index is 1100. The second kappa shape index (κ2) is 7.82. The summed E-state index contributed by atoms with van der Waals surface area (Å²) in [6.45, 7) is 1.95. The minimum absolute atomic E-state index is 0.113. The van der Waals surface area contributed by atoms with Gasteiger partial charge in [-0.2, -0.15) is 0 Å². The molecule has 152 valence electrons. The molecule has 0 unspecified atom stereocenters. The Morgan fingerprint density at radius 2 is 1.63 bits per heavy atom. The lowest BCUT2D eigenvalue weighted by Gasteiger charge is -2.19. The highest BCUT2D eigenvalue weighted by atomic mass is 16.6. The van der Waals surface area contributed by atoms with Gasteiger partial charge in [0, 0.05) is 27.9 Å². The molecule has 8 nitrogen and oxygen atoms in total. The summed E-state index contributed by atoms with van der Waals surface area (Å²) in [4.78, 5) is 49.8. The van der Waals surface area contributed by atoms with Gasteiger partial charge >= 0.3 is 5.97 Å². The summed E-state index contributed by atoms with van der Waals surface area (Å²) in [5, 5.41) is 2.59. The van der Waals surface area contributed by atoms with E-state index in [9.17, 15) is 19.2 Å². The van der Waals surface area contributed by atoms with E-state index in [0.29, 0.717) is 23.4 Å². The van der Waals surface area contributed by atoms with Gasteiger partial charge in [-0.25, -0.2) is 4.79 Å². The Labute approximate surface area is 171 Å². The number of carbonyl (C=O) groups is 4. The third kappa shape index (κ3) is 3.55. The van der Waals surface area contributed by atoms with Crippen LogP contribution >= 0.6 is 0 Å². The van der Waals surface area contributed by atoms with Crippen LogP contribution in [0.4, 0.5) is 5.69 Å². The van der Waals surface area contributed by atoms with E-state index < -0.39 is 18.0 Å². The molecule has 2 aliphatic rings. The molecule has 4 rings (SSSR count). The van der Waals surface area contributed by atoms with Gasteiger partial charge in [0.25, 0.3) is 5.91 Å². The fourth-order valence-electron chi connectivity index (χ4n) is 3.17. The molecule has 0 spiro atoms. The number of anilines is 1. The average molecular weight is 407 g/mol. The number of amides is 1. The van der Waals surface area contributed by atoms with E-state index in [-0.39, 0.29) is 35.1 Å². The first-order chi connectivity index (χ1) is 14.5. The van der Waals surface area contributed by atoms with Crippen molar-refractivity contribution < 1.29 is 33.4 Å². The first kappa shape index (κ1) is 19.4. The van der Waals surface area contributed by atoms with Crippen LogP contribution in [0.2, 0.25) is 0 Å². The summed E-state index contributed by atoms with van der Waals surface area (Å²) < 4.78 is 15.2. The van der Waals surface area contributed by atoms with E-state index in [1.54, 1.807) is 24.3 Å². The van der Waals surface area contributed by atoms with Crippen LogP contribution in [0.1, 0.15) is 38.8 Å². The van der Waals surface area contributed by atoms with Gasteiger partial charge in [0.2, 0.25) is 5.76 Å². The lowest BCUT2D eigenvalue weighted by Crippen LogP contribution is -2.31. The smallest absolute Gasteiger partial charge is 0.377 e. The van der Waals surface area contributed by atoms with Crippen molar-refractivity contribution in [1.29, 1.82) is 0 Å². The molecule has 0 saturated carbocycles. The molecule has 1 N–H and O–H groups in total. The molecule has 8 heteroatoms. The molecule has 0 saturated heterocycles. The maximum atomic E-state index is 12.8. The van der Waals surface area contributed by atoms with Crippen molar-refractivity contribution in [3.8, 4) is 0 Å². The van der Waals surface area contributed by atoms with Gasteiger partial charge in [0.05, 0.1) is 0 Å². The van der Waals surface area contributed by atoms with Crippen LogP contribution in [-0.2, 0) is 23.8 Å². The Balaban J connectivity index is 1.48. The number of hydrogen-bond donors (Lipinski definition) is 1. The molecule has 2 aromatic rings. The standard InChI is InChI=1S/C22H17NO7/c1-12(30-22(27)18-11-28-8-9-29-18)21(26)23-13-6-7-16-17(10-13)20(25)15-5-3-2-4-14(15)19(16)24/h2-7,10-12H,8-9H2,1H3,(H,23,26)/t12-/m1/s1. The molecule has 0 bridgehead atoms. The van der Waals surface area contributed by atoms with E-state index in [1.165, 1.54) is 25.1 Å². The summed E-state index contributed by atoms with van der Waals surface area (Å²) in [7, 11) is 0. The Morgan fingerprint density at radius 1 is 0.967 bits per heavy atom. The van der Waals surface area contributed by atoms with Gasteiger partial charge < -0.3 is 19.5 Å². The quantitative estimate of drug-likeness (QED) is 0.661. The number of rotatable bonds is 4. The Kier molecular flexibility index (Phi) is 5.05. The second-order valence-electron chi connectivity index (χ2n) is 6.70. The van der Waals surface area contributed by atoms with Crippen molar-refractivity contribution in [3.05, 3.63) is 76.7 Å². The fourth-order valence-corrected chi connectivity index (χ4v) is 3.17. The lowest BCUT2D eigenvalue weighted by atomic mass is 9.84. The second-order valence-corrected chi connectivity index (χ2v) is 6.70. The average Bonchev–Trinajstić information content (AvgIpc) is 2.78. The number of ether oxygens (including phenoxy) is 3. The first-order valence-corrected chi connectivity index (χ1v) is 9.24. The van der Waals surface area contributed by atoms with Crippen molar-refractivity contribution in [2.24, 2.45) is 0 Å². The molecule has 1 heterocycles. The molecule has 0 aromatic heterocycles. The van der Waals surface area contributed by atoms with E-state index in [0.717, 1.165) is 6.26 Å². The summed E-state index contributed by atoms with van der Waals surface area (Å²) in [5.41, 5.74) is 1.47. The Hall–Kier alpha value is -3.94. The van der Waals surface area contributed by atoms with Crippen molar-refractivity contribution in [3.63, 3.8) is 0 Å². The van der Waals surface area contributed by atoms with Crippen LogP contribution in [-0.4, -0.2) is 42.8 Å². The molecular weight excluding hydrogens is 390 g/mol. The van der Waals surface area contributed by atoms with E-state index in [1.807, 2.05) is 0 Å². The molecular formula is C22H17NO7. The van der Waals surface area contributed by atoms with E-state index in [2.05, 4.69) is 5.32 Å². The molecule has 2 aromatic carbocycles. The predicted octanol–water partition coefficient (Wildman–Crippen LogP) is 2.22. The SMILES string of the molecule is C[C@@H](OC(=O)C1=COCCO1)C(=O)Nc1ccc2c(c1)C(=O)c1ccccc1C2=O.